The van der Waals surface area contributed by atoms with E-state index in [1.54, 1.807) is 0 Å². The SMILES string of the molecule is CCCc1cccc(C2(N)CCCC(CC)CC2)c1. The first-order chi connectivity index (χ1) is 9.18. The molecule has 0 spiro atoms. The molecule has 0 saturated heterocycles. The van der Waals surface area contributed by atoms with E-state index in [0.717, 1.165) is 18.8 Å². The fraction of sp³-hybridized carbons (Fsp3) is 0.667. The van der Waals surface area contributed by atoms with Gasteiger partial charge in [-0.2, -0.15) is 0 Å². The van der Waals surface area contributed by atoms with Crippen LogP contribution in [0.25, 0.3) is 0 Å². The predicted octanol–water partition coefficient (Wildman–Crippen LogP) is 4.78. The first-order valence-electron chi connectivity index (χ1n) is 8.06. The third-order valence-electron chi connectivity index (χ3n) is 4.85. The first-order valence-corrected chi connectivity index (χ1v) is 8.06. The van der Waals surface area contributed by atoms with E-state index in [4.69, 9.17) is 5.73 Å². The zero-order valence-corrected chi connectivity index (χ0v) is 12.6. The molecule has 0 aromatic heterocycles. The molecule has 1 heteroatoms. The van der Waals surface area contributed by atoms with Crippen LogP contribution in [0.3, 0.4) is 0 Å². The van der Waals surface area contributed by atoms with Crippen LogP contribution in [0.5, 0.6) is 0 Å². The van der Waals surface area contributed by atoms with Crippen LogP contribution in [0.4, 0.5) is 0 Å². The Bertz CT molecular complexity index is 398. The van der Waals surface area contributed by atoms with Crippen molar-refractivity contribution < 1.29 is 0 Å². The van der Waals surface area contributed by atoms with Crippen LogP contribution < -0.4 is 5.73 Å². The van der Waals surface area contributed by atoms with Crippen molar-refractivity contribution in [2.75, 3.05) is 0 Å². The molecule has 2 rings (SSSR count). The fourth-order valence-corrected chi connectivity index (χ4v) is 3.46. The van der Waals surface area contributed by atoms with Crippen LogP contribution in [0.1, 0.15) is 69.9 Å². The van der Waals surface area contributed by atoms with Gasteiger partial charge in [-0.1, -0.05) is 63.8 Å². The lowest BCUT2D eigenvalue weighted by molar-refractivity contribution is 0.371. The van der Waals surface area contributed by atoms with E-state index in [1.165, 1.54) is 49.7 Å². The summed E-state index contributed by atoms with van der Waals surface area (Å²) in [6, 6.07) is 9.03. The summed E-state index contributed by atoms with van der Waals surface area (Å²) in [6.45, 7) is 4.55. The Morgan fingerprint density at radius 1 is 1.21 bits per heavy atom. The Labute approximate surface area is 118 Å². The monoisotopic (exact) mass is 259 g/mol. The van der Waals surface area contributed by atoms with Gasteiger partial charge in [0.2, 0.25) is 0 Å². The Balaban J connectivity index is 2.16. The van der Waals surface area contributed by atoms with Gasteiger partial charge in [0.1, 0.15) is 0 Å². The van der Waals surface area contributed by atoms with Crippen molar-refractivity contribution in [2.45, 2.75) is 70.8 Å². The average Bonchev–Trinajstić information content (AvgIpc) is 2.62. The molecular weight excluding hydrogens is 230 g/mol. The number of nitrogens with two attached hydrogens (primary N) is 1. The second-order valence-electron chi connectivity index (χ2n) is 6.31. The predicted molar refractivity (Wildman–Crippen MR) is 83.2 cm³/mol. The number of rotatable bonds is 4. The van der Waals surface area contributed by atoms with Crippen LogP contribution >= 0.6 is 0 Å². The van der Waals surface area contributed by atoms with Gasteiger partial charge >= 0.3 is 0 Å². The van der Waals surface area contributed by atoms with Crippen molar-refractivity contribution in [3.8, 4) is 0 Å². The van der Waals surface area contributed by atoms with E-state index < -0.39 is 0 Å². The lowest BCUT2D eigenvalue weighted by Crippen LogP contribution is -2.36. The van der Waals surface area contributed by atoms with Crippen LogP contribution in [0, 0.1) is 5.92 Å². The molecule has 0 amide bonds. The van der Waals surface area contributed by atoms with Crippen molar-refractivity contribution in [3.05, 3.63) is 35.4 Å². The van der Waals surface area contributed by atoms with Crippen LogP contribution in [0.2, 0.25) is 0 Å². The molecule has 1 aliphatic carbocycles. The van der Waals surface area contributed by atoms with E-state index in [2.05, 4.69) is 38.1 Å². The van der Waals surface area contributed by atoms with Crippen LogP contribution in [-0.2, 0) is 12.0 Å². The summed E-state index contributed by atoms with van der Waals surface area (Å²) < 4.78 is 0. The lowest BCUT2D eigenvalue weighted by Gasteiger charge is -2.29. The summed E-state index contributed by atoms with van der Waals surface area (Å²) in [5, 5.41) is 0. The van der Waals surface area contributed by atoms with Gasteiger partial charge in [0.15, 0.2) is 0 Å². The quantitative estimate of drug-likeness (QED) is 0.773. The van der Waals surface area contributed by atoms with Gasteiger partial charge in [0.05, 0.1) is 0 Å². The molecule has 0 radical (unpaired) electrons. The van der Waals surface area contributed by atoms with Crippen molar-refractivity contribution >= 4 is 0 Å². The maximum atomic E-state index is 6.76. The third-order valence-corrected chi connectivity index (χ3v) is 4.85. The smallest absolute Gasteiger partial charge is 0.0409 e. The summed E-state index contributed by atoms with van der Waals surface area (Å²) in [7, 11) is 0. The van der Waals surface area contributed by atoms with E-state index in [-0.39, 0.29) is 5.54 Å². The molecule has 1 saturated carbocycles. The Morgan fingerprint density at radius 3 is 2.79 bits per heavy atom. The largest absolute Gasteiger partial charge is 0.321 e. The Hall–Kier alpha value is -0.820. The number of benzene rings is 1. The van der Waals surface area contributed by atoms with Gasteiger partial charge in [-0.15, -0.1) is 0 Å². The highest BCUT2D eigenvalue weighted by Gasteiger charge is 2.30. The minimum Gasteiger partial charge on any atom is -0.321 e. The molecule has 1 fully saturated rings. The second-order valence-corrected chi connectivity index (χ2v) is 6.31. The molecule has 2 atom stereocenters. The molecule has 19 heavy (non-hydrogen) atoms. The normalized spacial score (nSPS) is 28.1. The maximum absolute atomic E-state index is 6.76. The molecule has 106 valence electrons. The molecule has 2 unspecified atom stereocenters. The van der Waals surface area contributed by atoms with Gasteiger partial charge < -0.3 is 5.73 Å². The summed E-state index contributed by atoms with van der Waals surface area (Å²) in [5.41, 5.74) is 9.50. The molecular formula is C18H29N. The first kappa shape index (κ1) is 14.6. The molecule has 0 heterocycles. The highest BCUT2D eigenvalue weighted by Crippen LogP contribution is 2.37. The van der Waals surface area contributed by atoms with Gasteiger partial charge in [-0.25, -0.2) is 0 Å². The van der Waals surface area contributed by atoms with Gasteiger partial charge in [-0.05, 0) is 42.7 Å². The lowest BCUT2D eigenvalue weighted by atomic mass is 9.82. The topological polar surface area (TPSA) is 26.0 Å². The van der Waals surface area contributed by atoms with Crippen LogP contribution in [0.15, 0.2) is 24.3 Å². The van der Waals surface area contributed by atoms with Gasteiger partial charge in [-0.3, -0.25) is 0 Å². The molecule has 1 aromatic carbocycles. The van der Waals surface area contributed by atoms with Gasteiger partial charge in [0.25, 0.3) is 0 Å². The molecule has 1 aromatic rings. The summed E-state index contributed by atoms with van der Waals surface area (Å²) in [6.07, 6.45) is 9.94. The summed E-state index contributed by atoms with van der Waals surface area (Å²) >= 11 is 0. The molecule has 1 aliphatic rings. The molecule has 1 nitrogen and oxygen atoms in total. The zero-order chi connectivity index (χ0) is 13.7. The third kappa shape index (κ3) is 3.60. The van der Waals surface area contributed by atoms with E-state index in [1.807, 2.05) is 0 Å². The molecule has 0 aliphatic heterocycles. The standard InChI is InChI=1S/C18H29N/c1-3-7-16-8-5-10-17(14-16)18(19)12-6-9-15(4-2)11-13-18/h5,8,10,14-15H,3-4,6-7,9,11-13,19H2,1-2H3. The van der Waals surface area contributed by atoms with Gasteiger partial charge in [0, 0.05) is 5.54 Å². The maximum Gasteiger partial charge on any atom is 0.0409 e. The fourth-order valence-electron chi connectivity index (χ4n) is 3.46. The van der Waals surface area contributed by atoms with E-state index in [9.17, 15) is 0 Å². The van der Waals surface area contributed by atoms with Crippen LogP contribution in [-0.4, -0.2) is 0 Å². The molecule has 0 bridgehead atoms. The zero-order valence-electron chi connectivity index (χ0n) is 12.6. The number of hydrogen-bond acceptors (Lipinski definition) is 1. The minimum absolute atomic E-state index is 0.0757. The average molecular weight is 259 g/mol. The summed E-state index contributed by atoms with van der Waals surface area (Å²) in [5.74, 6) is 0.893. The molecule has 2 N–H and O–H groups in total. The highest BCUT2D eigenvalue weighted by molar-refractivity contribution is 5.29. The Morgan fingerprint density at radius 2 is 2.05 bits per heavy atom. The van der Waals surface area contributed by atoms with Crippen molar-refractivity contribution in [2.24, 2.45) is 11.7 Å². The van der Waals surface area contributed by atoms with Crippen molar-refractivity contribution in [1.82, 2.24) is 0 Å². The highest BCUT2D eigenvalue weighted by atomic mass is 14.7. The second kappa shape index (κ2) is 6.56. The summed E-state index contributed by atoms with van der Waals surface area (Å²) in [4.78, 5) is 0. The van der Waals surface area contributed by atoms with E-state index >= 15 is 0 Å². The van der Waals surface area contributed by atoms with E-state index in [0.29, 0.717) is 0 Å². The number of hydrogen-bond donors (Lipinski definition) is 1. The van der Waals surface area contributed by atoms with Crippen molar-refractivity contribution in [3.63, 3.8) is 0 Å². The number of aryl methyl sites for hydroxylation is 1. The Kier molecular flexibility index (Phi) is 5.04. The van der Waals surface area contributed by atoms with Crippen molar-refractivity contribution in [1.29, 1.82) is 0 Å². The minimum atomic E-state index is -0.0757.